The number of benzene rings is 8. The monoisotopic (exact) mass is 643 g/mol. The number of hydrogen-bond donors (Lipinski definition) is 0. The van der Waals surface area contributed by atoms with Gasteiger partial charge in [-0.1, -0.05) is 123 Å². The molecule has 0 N–H and O–H groups in total. The summed E-state index contributed by atoms with van der Waals surface area (Å²) in [5.41, 5.74) is 11.4. The van der Waals surface area contributed by atoms with Crippen LogP contribution < -0.4 is 4.90 Å². The Kier molecular flexibility index (Phi) is 6.16. The number of anilines is 3. The summed E-state index contributed by atoms with van der Waals surface area (Å²) in [4.78, 5) is 2.41. The third-order valence-corrected chi connectivity index (χ3v) is 11.8. The number of rotatable bonds is 4. The van der Waals surface area contributed by atoms with Crippen LogP contribution in [-0.4, -0.2) is 0 Å². The molecule has 0 unspecified atom stereocenters. The van der Waals surface area contributed by atoms with Crippen molar-refractivity contribution in [3.05, 3.63) is 175 Å². The van der Waals surface area contributed by atoms with Gasteiger partial charge in [-0.05, 0) is 110 Å². The second kappa shape index (κ2) is 10.7. The molecule has 0 atom stereocenters. The maximum Gasteiger partial charge on any atom is 0.0468 e. The molecule has 0 radical (unpaired) electrons. The van der Waals surface area contributed by atoms with E-state index in [0.29, 0.717) is 0 Å². The fourth-order valence-electron chi connectivity index (χ4n) is 8.13. The molecule has 9 aromatic rings. The quantitative estimate of drug-likeness (QED) is 0.173. The summed E-state index contributed by atoms with van der Waals surface area (Å²) < 4.78 is 2.63. The van der Waals surface area contributed by atoms with Gasteiger partial charge in [0.2, 0.25) is 0 Å². The first-order valence-corrected chi connectivity index (χ1v) is 17.8. The van der Waals surface area contributed by atoms with Crippen LogP contribution in [0.5, 0.6) is 0 Å². The van der Waals surface area contributed by atoms with E-state index in [2.05, 4.69) is 183 Å². The maximum absolute atomic E-state index is 2.41. The van der Waals surface area contributed by atoms with Crippen molar-refractivity contribution in [2.24, 2.45) is 0 Å². The van der Waals surface area contributed by atoms with E-state index in [-0.39, 0.29) is 5.41 Å². The Bertz CT molecular complexity index is 2750. The Labute approximate surface area is 290 Å². The van der Waals surface area contributed by atoms with Crippen LogP contribution in [0.2, 0.25) is 0 Å². The number of hydrogen-bond acceptors (Lipinski definition) is 2. The van der Waals surface area contributed by atoms with Crippen LogP contribution in [0.25, 0.3) is 64.0 Å². The van der Waals surface area contributed by atoms with E-state index in [1.807, 2.05) is 11.3 Å². The molecule has 1 nitrogen and oxygen atoms in total. The Hall–Kier alpha value is -5.70. The summed E-state index contributed by atoms with van der Waals surface area (Å²) in [6, 6.07) is 60.7. The van der Waals surface area contributed by atoms with E-state index in [1.165, 1.54) is 75.1 Å². The maximum atomic E-state index is 2.41. The lowest BCUT2D eigenvalue weighted by molar-refractivity contribution is 0.660. The molecule has 232 valence electrons. The second-order valence-electron chi connectivity index (χ2n) is 13.8. The smallest absolute Gasteiger partial charge is 0.0468 e. The van der Waals surface area contributed by atoms with Gasteiger partial charge in [0.05, 0.1) is 0 Å². The average molecular weight is 644 g/mol. The molecular formula is C47H33NS. The van der Waals surface area contributed by atoms with Gasteiger partial charge < -0.3 is 4.90 Å². The molecule has 10 rings (SSSR count). The molecule has 1 heterocycles. The van der Waals surface area contributed by atoms with Gasteiger partial charge in [-0.15, -0.1) is 11.3 Å². The lowest BCUT2D eigenvalue weighted by Gasteiger charge is -2.26. The van der Waals surface area contributed by atoms with Crippen molar-refractivity contribution < 1.29 is 0 Å². The first-order chi connectivity index (χ1) is 24.0. The molecule has 2 heteroatoms. The van der Waals surface area contributed by atoms with Crippen molar-refractivity contribution in [3.63, 3.8) is 0 Å². The molecular weight excluding hydrogens is 611 g/mol. The molecule has 0 spiro atoms. The average Bonchev–Trinajstić information content (AvgIpc) is 3.63. The highest BCUT2D eigenvalue weighted by molar-refractivity contribution is 7.25. The third-order valence-electron chi connectivity index (χ3n) is 10.6. The van der Waals surface area contributed by atoms with Crippen molar-refractivity contribution in [2.45, 2.75) is 19.3 Å². The minimum atomic E-state index is -0.0233. The van der Waals surface area contributed by atoms with Crippen LogP contribution >= 0.6 is 11.3 Å². The van der Waals surface area contributed by atoms with Crippen LogP contribution in [0, 0.1) is 0 Å². The van der Waals surface area contributed by atoms with E-state index in [9.17, 15) is 0 Å². The van der Waals surface area contributed by atoms with Crippen LogP contribution in [0.3, 0.4) is 0 Å². The predicted molar refractivity (Wildman–Crippen MR) is 212 cm³/mol. The van der Waals surface area contributed by atoms with Crippen LogP contribution in [0.15, 0.2) is 164 Å². The first kappa shape index (κ1) is 28.3. The summed E-state index contributed by atoms with van der Waals surface area (Å²) in [5, 5.41) is 7.68. The molecule has 1 aliphatic carbocycles. The predicted octanol–water partition coefficient (Wildman–Crippen LogP) is 13.8. The van der Waals surface area contributed by atoms with Gasteiger partial charge in [-0.3, -0.25) is 0 Å². The van der Waals surface area contributed by atoms with E-state index >= 15 is 0 Å². The summed E-state index contributed by atoms with van der Waals surface area (Å²) >= 11 is 1.86. The minimum Gasteiger partial charge on any atom is -0.310 e. The zero-order valence-electron chi connectivity index (χ0n) is 27.4. The van der Waals surface area contributed by atoms with Gasteiger partial charge >= 0.3 is 0 Å². The van der Waals surface area contributed by atoms with Crippen molar-refractivity contribution in [3.8, 4) is 22.3 Å². The first-order valence-electron chi connectivity index (χ1n) is 17.0. The molecule has 0 bridgehead atoms. The van der Waals surface area contributed by atoms with Crippen molar-refractivity contribution in [1.82, 2.24) is 0 Å². The van der Waals surface area contributed by atoms with E-state index in [0.717, 1.165) is 17.1 Å². The molecule has 1 aromatic heterocycles. The molecule has 8 aromatic carbocycles. The normalized spacial score (nSPS) is 13.3. The zero-order valence-corrected chi connectivity index (χ0v) is 28.3. The molecule has 0 saturated heterocycles. The highest BCUT2D eigenvalue weighted by atomic mass is 32.1. The Morgan fingerprint density at radius 3 is 1.94 bits per heavy atom. The summed E-state index contributed by atoms with van der Waals surface area (Å²) in [5.74, 6) is 0. The molecule has 0 amide bonds. The molecule has 0 saturated carbocycles. The fraction of sp³-hybridized carbons (Fsp3) is 0.0638. The number of nitrogens with zero attached hydrogens (tertiary/aromatic N) is 1. The minimum absolute atomic E-state index is 0.0233. The molecule has 0 aliphatic heterocycles. The summed E-state index contributed by atoms with van der Waals surface area (Å²) in [6.45, 7) is 4.70. The largest absolute Gasteiger partial charge is 0.310 e. The van der Waals surface area contributed by atoms with Crippen molar-refractivity contribution in [1.29, 1.82) is 0 Å². The van der Waals surface area contributed by atoms with Crippen LogP contribution in [0.4, 0.5) is 17.1 Å². The van der Waals surface area contributed by atoms with Crippen LogP contribution in [0.1, 0.15) is 25.0 Å². The highest BCUT2D eigenvalue weighted by Crippen LogP contribution is 2.50. The van der Waals surface area contributed by atoms with E-state index in [4.69, 9.17) is 0 Å². The standard InChI is InChI=1S/C47H33NS/c1-47(2)43-13-7-5-11-39(43)40-24-19-32(28-44(40)47)30-17-20-34(21-18-30)48(36-23-26-46-42(29-36)41-12-6-8-14-45(41)49-46)35-22-25-38-33(27-35)16-15-31-9-3-4-10-37(31)38/h3-29H,1-2H3. The van der Waals surface area contributed by atoms with Gasteiger partial charge in [0, 0.05) is 42.6 Å². The van der Waals surface area contributed by atoms with Crippen molar-refractivity contribution in [2.75, 3.05) is 4.90 Å². The Morgan fingerprint density at radius 1 is 0.408 bits per heavy atom. The highest BCUT2D eigenvalue weighted by Gasteiger charge is 2.35. The SMILES string of the molecule is CC1(C)c2ccccc2-c2ccc(-c3ccc(N(c4ccc5c(ccc6ccccc65)c4)c4ccc5sc6ccccc6c5c4)cc3)cc21. The van der Waals surface area contributed by atoms with Gasteiger partial charge in [0.1, 0.15) is 0 Å². The number of thiophene rings is 1. The topological polar surface area (TPSA) is 3.24 Å². The third kappa shape index (κ3) is 4.38. The zero-order chi connectivity index (χ0) is 32.7. The molecule has 0 fully saturated rings. The van der Waals surface area contributed by atoms with Gasteiger partial charge in [0.25, 0.3) is 0 Å². The lowest BCUT2D eigenvalue weighted by atomic mass is 9.81. The summed E-state index contributed by atoms with van der Waals surface area (Å²) in [7, 11) is 0. The van der Waals surface area contributed by atoms with Gasteiger partial charge in [-0.25, -0.2) is 0 Å². The fourth-order valence-corrected chi connectivity index (χ4v) is 9.21. The Balaban J connectivity index is 1.10. The lowest BCUT2D eigenvalue weighted by Crippen LogP contribution is -2.14. The molecule has 49 heavy (non-hydrogen) atoms. The van der Waals surface area contributed by atoms with Crippen LogP contribution in [-0.2, 0) is 5.41 Å². The second-order valence-corrected chi connectivity index (χ2v) is 14.9. The molecule has 1 aliphatic rings. The number of fused-ring (bicyclic) bond motifs is 9. The van der Waals surface area contributed by atoms with E-state index < -0.39 is 0 Å². The summed E-state index contributed by atoms with van der Waals surface area (Å²) in [6.07, 6.45) is 0. The van der Waals surface area contributed by atoms with Gasteiger partial charge in [-0.2, -0.15) is 0 Å². The van der Waals surface area contributed by atoms with Crippen molar-refractivity contribution >= 4 is 70.1 Å². The Morgan fingerprint density at radius 2 is 1.04 bits per heavy atom. The van der Waals surface area contributed by atoms with Gasteiger partial charge in [0.15, 0.2) is 0 Å². The van der Waals surface area contributed by atoms with E-state index in [1.54, 1.807) is 0 Å².